The second kappa shape index (κ2) is 8.14. The van der Waals surface area contributed by atoms with Crippen molar-refractivity contribution in [2.75, 3.05) is 10.6 Å². The van der Waals surface area contributed by atoms with Crippen molar-refractivity contribution in [3.8, 4) is 5.75 Å². The molecule has 0 fully saturated rings. The van der Waals surface area contributed by atoms with Gasteiger partial charge in [0, 0.05) is 11.8 Å². The van der Waals surface area contributed by atoms with Gasteiger partial charge in [-0.15, -0.1) is 13.2 Å². The molecule has 0 spiro atoms. The molecule has 1 heterocycles. The first-order valence-corrected chi connectivity index (χ1v) is 7.96. The van der Waals surface area contributed by atoms with Crippen molar-refractivity contribution >= 4 is 28.7 Å². The second-order valence-electron chi connectivity index (χ2n) is 5.62. The van der Waals surface area contributed by atoms with E-state index in [4.69, 9.17) is 0 Å². The van der Waals surface area contributed by atoms with Crippen molar-refractivity contribution in [2.24, 2.45) is 0 Å². The Morgan fingerprint density at radius 2 is 1.60 bits per heavy atom. The minimum absolute atomic E-state index is 0.158. The van der Waals surface area contributed by atoms with Crippen molar-refractivity contribution < 1.29 is 31.6 Å². The first kappa shape index (κ1) is 20.7. The number of ether oxygens (including phenoxy) is 1. The Bertz CT molecular complexity index is 1080. The van der Waals surface area contributed by atoms with Gasteiger partial charge in [0.05, 0.1) is 10.6 Å². The van der Waals surface area contributed by atoms with E-state index in [0.717, 1.165) is 30.6 Å². The van der Waals surface area contributed by atoms with Crippen molar-refractivity contribution in [2.45, 2.75) is 6.36 Å². The number of nitrogens with zero attached hydrogens (tertiary/aromatic N) is 3. The van der Waals surface area contributed by atoms with Gasteiger partial charge < -0.3 is 15.4 Å². The highest BCUT2D eigenvalue weighted by Gasteiger charge is 2.31. The Balaban J connectivity index is 1.88. The molecule has 0 aliphatic heterocycles. The maximum atomic E-state index is 13.8. The molecule has 3 rings (SSSR count). The SMILES string of the molecule is O=[N+]([O-])c1c(Nc2ccc(OC(F)(F)F)cc2)ncnc1Nc1ccc(F)cc1F. The van der Waals surface area contributed by atoms with Gasteiger partial charge in [-0.2, -0.15) is 0 Å². The summed E-state index contributed by atoms with van der Waals surface area (Å²) < 4.78 is 67.3. The van der Waals surface area contributed by atoms with Gasteiger partial charge in [0.1, 0.15) is 23.7 Å². The summed E-state index contributed by atoms with van der Waals surface area (Å²) >= 11 is 0. The number of anilines is 4. The van der Waals surface area contributed by atoms with E-state index in [-0.39, 0.29) is 23.0 Å². The van der Waals surface area contributed by atoms with E-state index in [1.54, 1.807) is 0 Å². The number of hydrogen-bond donors (Lipinski definition) is 2. The minimum Gasteiger partial charge on any atom is -0.406 e. The zero-order valence-corrected chi connectivity index (χ0v) is 14.6. The second-order valence-corrected chi connectivity index (χ2v) is 5.62. The number of nitro groups is 1. The fraction of sp³-hybridized carbons (Fsp3) is 0.0588. The summed E-state index contributed by atoms with van der Waals surface area (Å²) in [5, 5.41) is 16.5. The predicted molar refractivity (Wildman–Crippen MR) is 94.7 cm³/mol. The lowest BCUT2D eigenvalue weighted by Gasteiger charge is -2.12. The average molecular weight is 427 g/mol. The average Bonchev–Trinajstić information content (AvgIpc) is 2.64. The first-order chi connectivity index (χ1) is 14.1. The van der Waals surface area contributed by atoms with E-state index in [9.17, 15) is 32.1 Å². The molecular weight excluding hydrogens is 417 g/mol. The van der Waals surface area contributed by atoms with Gasteiger partial charge in [-0.05, 0) is 36.4 Å². The Labute approximate surface area is 164 Å². The van der Waals surface area contributed by atoms with Crippen molar-refractivity contribution in [1.29, 1.82) is 0 Å². The van der Waals surface area contributed by atoms with E-state index >= 15 is 0 Å². The van der Waals surface area contributed by atoms with Gasteiger partial charge in [0.15, 0.2) is 0 Å². The smallest absolute Gasteiger partial charge is 0.406 e. The van der Waals surface area contributed by atoms with Gasteiger partial charge in [0.2, 0.25) is 11.6 Å². The van der Waals surface area contributed by atoms with Crippen LogP contribution in [0.3, 0.4) is 0 Å². The molecule has 8 nitrogen and oxygen atoms in total. The minimum atomic E-state index is -4.86. The molecule has 0 aliphatic carbocycles. The summed E-state index contributed by atoms with van der Waals surface area (Å²) in [6, 6.07) is 6.91. The summed E-state index contributed by atoms with van der Waals surface area (Å²) in [7, 11) is 0. The largest absolute Gasteiger partial charge is 0.573 e. The van der Waals surface area contributed by atoms with Crippen LogP contribution in [0.1, 0.15) is 0 Å². The number of aromatic nitrogens is 2. The van der Waals surface area contributed by atoms with Crippen LogP contribution in [0, 0.1) is 21.7 Å². The van der Waals surface area contributed by atoms with Gasteiger partial charge in [-0.3, -0.25) is 10.1 Å². The maximum Gasteiger partial charge on any atom is 0.573 e. The Hall–Kier alpha value is -4.03. The first-order valence-electron chi connectivity index (χ1n) is 7.96. The lowest BCUT2D eigenvalue weighted by molar-refractivity contribution is -0.383. The molecule has 30 heavy (non-hydrogen) atoms. The van der Waals surface area contributed by atoms with Gasteiger partial charge in [-0.25, -0.2) is 18.7 Å². The topological polar surface area (TPSA) is 102 Å². The lowest BCUT2D eigenvalue weighted by Crippen LogP contribution is -2.17. The third-order valence-corrected chi connectivity index (χ3v) is 3.54. The molecule has 0 saturated heterocycles. The van der Waals surface area contributed by atoms with E-state index < -0.39 is 34.4 Å². The maximum absolute atomic E-state index is 13.8. The summed E-state index contributed by atoms with van der Waals surface area (Å²) in [5.41, 5.74) is -0.778. The normalized spacial score (nSPS) is 11.1. The van der Waals surface area contributed by atoms with Crippen LogP contribution in [-0.2, 0) is 0 Å². The van der Waals surface area contributed by atoms with Crippen molar-refractivity contribution in [3.05, 3.63) is 70.5 Å². The van der Waals surface area contributed by atoms with Crippen LogP contribution in [0.5, 0.6) is 5.75 Å². The summed E-state index contributed by atoms with van der Waals surface area (Å²) in [6.45, 7) is 0. The lowest BCUT2D eigenvalue weighted by atomic mass is 10.2. The molecule has 0 atom stereocenters. The molecule has 0 unspecified atom stereocenters. The summed E-state index contributed by atoms with van der Waals surface area (Å²) in [4.78, 5) is 18.1. The molecule has 2 aromatic carbocycles. The van der Waals surface area contributed by atoms with E-state index in [2.05, 4.69) is 25.3 Å². The summed E-state index contributed by atoms with van der Waals surface area (Å²) in [5.74, 6) is -3.03. The molecule has 0 bridgehead atoms. The third kappa shape index (κ3) is 5.06. The Kier molecular flexibility index (Phi) is 5.62. The number of hydrogen-bond acceptors (Lipinski definition) is 7. The van der Waals surface area contributed by atoms with Crippen LogP contribution in [-0.4, -0.2) is 21.3 Å². The van der Waals surface area contributed by atoms with Gasteiger partial charge in [-0.1, -0.05) is 0 Å². The van der Waals surface area contributed by atoms with Gasteiger partial charge in [0.25, 0.3) is 0 Å². The fourth-order valence-corrected chi connectivity index (χ4v) is 2.33. The number of rotatable bonds is 6. The molecule has 3 aromatic rings. The number of benzene rings is 2. The van der Waals surface area contributed by atoms with Crippen molar-refractivity contribution in [1.82, 2.24) is 9.97 Å². The molecule has 0 aliphatic rings. The van der Waals surface area contributed by atoms with Crippen LogP contribution >= 0.6 is 0 Å². The molecule has 13 heteroatoms. The van der Waals surface area contributed by atoms with Crippen LogP contribution in [0.2, 0.25) is 0 Å². The van der Waals surface area contributed by atoms with E-state index in [1.807, 2.05) is 0 Å². The monoisotopic (exact) mass is 427 g/mol. The van der Waals surface area contributed by atoms with Crippen LogP contribution in [0.25, 0.3) is 0 Å². The molecule has 2 N–H and O–H groups in total. The Morgan fingerprint density at radius 1 is 0.967 bits per heavy atom. The number of nitrogens with one attached hydrogen (secondary N) is 2. The number of halogens is 5. The van der Waals surface area contributed by atoms with Gasteiger partial charge >= 0.3 is 12.0 Å². The number of alkyl halides is 3. The Morgan fingerprint density at radius 3 is 2.17 bits per heavy atom. The molecule has 1 aromatic heterocycles. The quantitative estimate of drug-likeness (QED) is 0.322. The fourth-order valence-electron chi connectivity index (χ4n) is 2.33. The van der Waals surface area contributed by atoms with Crippen molar-refractivity contribution in [3.63, 3.8) is 0 Å². The van der Waals surface area contributed by atoms with E-state index in [0.29, 0.717) is 6.07 Å². The standard InChI is InChI=1S/C17H10F5N5O3/c18-9-1-6-13(12(19)7-9)26-16-14(27(28)29)15(23-8-24-16)25-10-2-4-11(5-3-10)30-17(20,21)22/h1-8H,(H2,23,24,25,26). The zero-order chi connectivity index (χ0) is 21.9. The predicted octanol–water partition coefficient (Wildman–Crippen LogP) is 5.05. The van der Waals surface area contributed by atoms with Crippen LogP contribution < -0.4 is 15.4 Å². The highest BCUT2D eigenvalue weighted by atomic mass is 19.4. The highest BCUT2D eigenvalue weighted by molar-refractivity contribution is 5.76. The summed E-state index contributed by atoms with van der Waals surface area (Å²) in [6.07, 6.45) is -3.92. The zero-order valence-electron chi connectivity index (χ0n) is 14.6. The molecule has 0 saturated carbocycles. The molecule has 0 radical (unpaired) electrons. The van der Waals surface area contributed by atoms with Crippen LogP contribution in [0.15, 0.2) is 48.8 Å². The van der Waals surface area contributed by atoms with E-state index in [1.165, 1.54) is 12.1 Å². The molecule has 156 valence electrons. The third-order valence-electron chi connectivity index (χ3n) is 3.54. The highest BCUT2D eigenvalue weighted by Crippen LogP contribution is 2.34. The van der Waals surface area contributed by atoms with Crippen LogP contribution in [0.4, 0.5) is 50.6 Å². The molecule has 0 amide bonds. The molecular formula is C17H10F5N5O3.